The van der Waals surface area contributed by atoms with Crippen LogP contribution in [0.15, 0.2) is 42.5 Å². The zero-order valence-corrected chi connectivity index (χ0v) is 21.4. The van der Waals surface area contributed by atoms with Gasteiger partial charge in [0.2, 0.25) is 5.75 Å². The largest absolute Gasteiger partial charge is 0.503 e. The van der Waals surface area contributed by atoms with Crippen LogP contribution in [-0.2, 0) is 0 Å². The van der Waals surface area contributed by atoms with Gasteiger partial charge in [-0.1, -0.05) is 12.2 Å². The third kappa shape index (κ3) is 6.24. The molecule has 0 aliphatic rings. The monoisotopic (exact) mass is 511 g/mol. The van der Waals surface area contributed by atoms with Gasteiger partial charge in [0.25, 0.3) is 0 Å². The molecular formula is C28H30FNO7. The first-order chi connectivity index (χ1) is 17.9. The summed E-state index contributed by atoms with van der Waals surface area (Å²) in [6, 6.07) is 11.1. The summed E-state index contributed by atoms with van der Waals surface area (Å²) in [6.45, 7) is 0.193. The molecule has 0 bridgehead atoms. The van der Waals surface area contributed by atoms with Gasteiger partial charge in [0.05, 0.1) is 41.2 Å². The maximum absolute atomic E-state index is 14.0. The Hall–Kier alpha value is -4.40. The first kappa shape index (κ1) is 27.2. The number of Topliss-reactive ketones (excluding diaryl/α,β-unsaturated/α-hetero) is 1. The van der Waals surface area contributed by atoms with E-state index < -0.39 is 5.82 Å². The Kier molecular flexibility index (Phi) is 9.21. The fourth-order valence-electron chi connectivity index (χ4n) is 3.75. The topological polar surface area (TPSA) is 95.5 Å². The second-order valence-corrected chi connectivity index (χ2v) is 7.82. The first-order valence-corrected chi connectivity index (χ1v) is 11.3. The molecular weight excluding hydrogens is 481 g/mol. The minimum absolute atomic E-state index is 0.0679. The van der Waals surface area contributed by atoms with E-state index in [1.54, 1.807) is 30.3 Å². The van der Waals surface area contributed by atoms with Gasteiger partial charge >= 0.3 is 0 Å². The zero-order chi connectivity index (χ0) is 26.9. The highest BCUT2D eigenvalue weighted by atomic mass is 19.1. The molecule has 0 saturated heterocycles. The van der Waals surface area contributed by atoms with Crippen LogP contribution >= 0.6 is 0 Å². The number of ketones is 1. The van der Waals surface area contributed by atoms with E-state index in [-0.39, 0.29) is 41.6 Å². The summed E-state index contributed by atoms with van der Waals surface area (Å²) in [7, 11) is 7.42. The molecule has 196 valence electrons. The molecule has 0 aliphatic carbocycles. The van der Waals surface area contributed by atoms with Crippen molar-refractivity contribution in [3.05, 3.63) is 65.0 Å². The van der Waals surface area contributed by atoms with Gasteiger partial charge in [0.15, 0.2) is 40.3 Å². The Morgan fingerprint density at radius 1 is 0.838 bits per heavy atom. The number of nitrogens with one attached hydrogen (secondary N) is 1. The number of anilines is 1. The van der Waals surface area contributed by atoms with E-state index in [0.717, 1.165) is 11.6 Å². The third-order valence-electron chi connectivity index (χ3n) is 5.66. The van der Waals surface area contributed by atoms with Crippen molar-refractivity contribution in [1.82, 2.24) is 0 Å². The van der Waals surface area contributed by atoms with Gasteiger partial charge in [0, 0.05) is 24.1 Å². The highest BCUT2D eigenvalue weighted by Gasteiger charge is 2.15. The molecule has 3 aromatic rings. The van der Waals surface area contributed by atoms with Crippen LogP contribution in [0, 0.1) is 5.82 Å². The summed E-state index contributed by atoms with van der Waals surface area (Å²) in [6.07, 6.45) is 3.68. The summed E-state index contributed by atoms with van der Waals surface area (Å²) >= 11 is 0. The van der Waals surface area contributed by atoms with Crippen molar-refractivity contribution < 1.29 is 38.0 Å². The number of benzene rings is 3. The van der Waals surface area contributed by atoms with Crippen LogP contribution in [0.3, 0.4) is 0 Å². The normalized spacial score (nSPS) is 10.8. The van der Waals surface area contributed by atoms with E-state index >= 15 is 0 Å². The fraction of sp³-hybridized carbons (Fsp3) is 0.250. The Labute approximate surface area is 215 Å². The van der Waals surface area contributed by atoms with Crippen LogP contribution < -0.4 is 29.0 Å². The van der Waals surface area contributed by atoms with Crippen molar-refractivity contribution in [2.24, 2.45) is 0 Å². The number of ether oxygens (including phenoxy) is 5. The second kappa shape index (κ2) is 12.5. The van der Waals surface area contributed by atoms with E-state index in [2.05, 4.69) is 5.32 Å². The van der Waals surface area contributed by atoms with Crippen LogP contribution in [0.2, 0.25) is 0 Å². The molecule has 3 rings (SSSR count). The molecule has 0 saturated carbocycles. The number of rotatable bonds is 12. The lowest BCUT2D eigenvalue weighted by Gasteiger charge is -2.15. The van der Waals surface area contributed by atoms with E-state index in [1.807, 2.05) is 6.08 Å². The predicted molar refractivity (Wildman–Crippen MR) is 140 cm³/mol. The molecule has 2 N–H and O–H groups in total. The van der Waals surface area contributed by atoms with Crippen LogP contribution in [0.5, 0.6) is 34.5 Å². The Morgan fingerprint density at radius 3 is 2.03 bits per heavy atom. The Morgan fingerprint density at radius 2 is 1.46 bits per heavy atom. The van der Waals surface area contributed by atoms with Gasteiger partial charge in [-0.05, 0) is 48.0 Å². The van der Waals surface area contributed by atoms with Crippen molar-refractivity contribution in [2.45, 2.75) is 6.42 Å². The van der Waals surface area contributed by atoms with Crippen LogP contribution in [-0.4, -0.2) is 53.0 Å². The van der Waals surface area contributed by atoms with Crippen molar-refractivity contribution in [1.29, 1.82) is 0 Å². The predicted octanol–water partition coefficient (Wildman–Crippen LogP) is 5.43. The summed E-state index contributed by atoms with van der Waals surface area (Å²) in [5.41, 5.74) is 2.04. The van der Waals surface area contributed by atoms with Gasteiger partial charge in [-0.25, -0.2) is 4.39 Å². The van der Waals surface area contributed by atoms with Crippen LogP contribution in [0.4, 0.5) is 10.1 Å². The smallest absolute Gasteiger partial charge is 0.203 e. The first-order valence-electron chi connectivity index (χ1n) is 11.3. The molecule has 9 heteroatoms. The Bertz CT molecular complexity index is 1260. The molecule has 0 fully saturated rings. The van der Waals surface area contributed by atoms with Gasteiger partial charge in [-0.2, -0.15) is 0 Å². The number of hydrogen-bond acceptors (Lipinski definition) is 8. The molecule has 0 heterocycles. The van der Waals surface area contributed by atoms with Crippen LogP contribution in [0.25, 0.3) is 12.2 Å². The number of methoxy groups -OCH3 is 5. The van der Waals surface area contributed by atoms with Gasteiger partial charge in [-0.3, -0.25) is 4.79 Å². The van der Waals surface area contributed by atoms with E-state index in [1.165, 1.54) is 47.7 Å². The average Bonchev–Trinajstić information content (AvgIpc) is 2.92. The highest BCUT2D eigenvalue weighted by molar-refractivity contribution is 5.96. The number of phenols is 1. The third-order valence-corrected chi connectivity index (χ3v) is 5.66. The van der Waals surface area contributed by atoms with E-state index in [4.69, 9.17) is 23.7 Å². The molecule has 0 radical (unpaired) electrons. The summed E-state index contributed by atoms with van der Waals surface area (Å²) < 4.78 is 40.3. The fourth-order valence-corrected chi connectivity index (χ4v) is 3.75. The van der Waals surface area contributed by atoms with Gasteiger partial charge in [0.1, 0.15) is 0 Å². The van der Waals surface area contributed by atoms with E-state index in [0.29, 0.717) is 28.5 Å². The lowest BCUT2D eigenvalue weighted by molar-refractivity contribution is 0.0986. The molecule has 37 heavy (non-hydrogen) atoms. The summed E-state index contributed by atoms with van der Waals surface area (Å²) in [5.74, 6) is 0.870. The minimum Gasteiger partial charge on any atom is -0.503 e. The maximum Gasteiger partial charge on any atom is 0.203 e. The van der Waals surface area contributed by atoms with E-state index in [9.17, 15) is 14.3 Å². The molecule has 0 aromatic heterocycles. The van der Waals surface area contributed by atoms with Crippen molar-refractivity contribution in [2.75, 3.05) is 47.4 Å². The lowest BCUT2D eigenvalue weighted by atomic mass is 10.1. The molecule has 8 nitrogen and oxygen atoms in total. The molecule has 3 aromatic carbocycles. The maximum atomic E-state index is 14.0. The number of carbonyl (C=O) groups excluding carboxylic acids is 1. The number of aromatic hydroxyl groups is 1. The molecule has 0 spiro atoms. The van der Waals surface area contributed by atoms with Gasteiger partial charge < -0.3 is 34.1 Å². The standard InChI is InChI=1S/C28H30FNO7/c1-33-22-10-9-19(16-20(22)29)21(31)12-13-30-26-18(8-11-23(34-2)27(26)32)7-6-17-14-24(35-3)28(37-5)25(15-17)36-4/h6-11,14-16,30,32H,12-13H2,1-5H3/b7-6-. The molecule has 0 atom stereocenters. The minimum atomic E-state index is -0.606. The lowest BCUT2D eigenvalue weighted by Crippen LogP contribution is -2.10. The highest BCUT2D eigenvalue weighted by Crippen LogP contribution is 2.40. The van der Waals surface area contributed by atoms with Crippen molar-refractivity contribution >= 4 is 23.6 Å². The molecule has 0 unspecified atom stereocenters. The number of phenolic OH excluding ortho intramolecular Hbond substituents is 1. The second-order valence-electron chi connectivity index (χ2n) is 7.82. The zero-order valence-electron chi connectivity index (χ0n) is 21.4. The number of carbonyl (C=O) groups is 1. The van der Waals surface area contributed by atoms with Crippen molar-refractivity contribution in [3.8, 4) is 34.5 Å². The molecule has 0 amide bonds. The Balaban J connectivity index is 1.83. The van der Waals surface area contributed by atoms with Crippen molar-refractivity contribution in [3.63, 3.8) is 0 Å². The summed E-state index contributed by atoms with van der Waals surface area (Å²) in [5, 5.41) is 13.9. The molecule has 0 aliphatic heterocycles. The summed E-state index contributed by atoms with van der Waals surface area (Å²) in [4.78, 5) is 12.6. The van der Waals surface area contributed by atoms with Gasteiger partial charge in [-0.15, -0.1) is 0 Å². The average molecular weight is 512 g/mol. The van der Waals surface area contributed by atoms with Crippen LogP contribution in [0.1, 0.15) is 27.9 Å². The quantitative estimate of drug-likeness (QED) is 0.189. The number of halogens is 1. The number of hydrogen-bond donors (Lipinski definition) is 2. The SMILES string of the molecule is COc1ccc(C(=O)CCNc2c(/C=C\c3cc(OC)c(OC)c(OC)c3)ccc(OC)c2O)cc1F.